The molecule has 6 nitrogen and oxygen atoms in total. The topological polar surface area (TPSA) is 70.4 Å². The summed E-state index contributed by atoms with van der Waals surface area (Å²) in [6.07, 6.45) is 0. The molecule has 2 N–H and O–H groups in total. The van der Waals surface area contributed by atoms with Gasteiger partial charge in [0.1, 0.15) is 0 Å². The Hall–Kier alpha value is -1.40. The molecule has 1 aliphatic heterocycles. The molecule has 1 fully saturated rings. The van der Waals surface area contributed by atoms with Gasteiger partial charge in [0.05, 0.1) is 12.2 Å². The van der Waals surface area contributed by atoms with Crippen molar-refractivity contribution in [3.8, 4) is 0 Å². The quantitative estimate of drug-likeness (QED) is 0.788. The molecule has 0 saturated carbocycles. The lowest BCUT2D eigenvalue weighted by Crippen LogP contribution is -2.51. The number of anilines is 1. The highest BCUT2D eigenvalue weighted by molar-refractivity contribution is 5.91. The summed E-state index contributed by atoms with van der Waals surface area (Å²) in [4.78, 5) is 13.9. The molecule has 17 heavy (non-hydrogen) atoms. The number of carbonyl (C=O) groups is 1. The highest BCUT2D eigenvalue weighted by Gasteiger charge is 2.20. The summed E-state index contributed by atoms with van der Waals surface area (Å²) in [5.74, 6) is 0.352. The van der Waals surface area contributed by atoms with Gasteiger partial charge in [-0.05, 0) is 13.8 Å². The average molecular weight is 238 g/mol. The summed E-state index contributed by atoms with van der Waals surface area (Å²) < 4.78 is 4.94. The number of amides is 1. The van der Waals surface area contributed by atoms with E-state index in [1.54, 1.807) is 6.07 Å². The van der Waals surface area contributed by atoms with E-state index in [4.69, 9.17) is 4.52 Å². The van der Waals surface area contributed by atoms with Gasteiger partial charge in [-0.2, -0.15) is 0 Å². The van der Waals surface area contributed by atoms with E-state index in [9.17, 15) is 4.79 Å². The number of aryl methyl sites for hydroxylation is 1. The highest BCUT2D eigenvalue weighted by atomic mass is 16.5. The van der Waals surface area contributed by atoms with Crippen molar-refractivity contribution < 1.29 is 9.32 Å². The number of aromatic nitrogens is 1. The number of carbonyl (C=O) groups excluding carboxylic acids is 1. The van der Waals surface area contributed by atoms with Crippen LogP contribution in [0.1, 0.15) is 12.6 Å². The van der Waals surface area contributed by atoms with Gasteiger partial charge >= 0.3 is 0 Å². The third kappa shape index (κ3) is 3.28. The number of hydrogen-bond acceptors (Lipinski definition) is 5. The van der Waals surface area contributed by atoms with E-state index in [-0.39, 0.29) is 5.91 Å². The number of piperazine rings is 1. The zero-order valence-corrected chi connectivity index (χ0v) is 10.2. The molecule has 0 bridgehead atoms. The lowest BCUT2D eigenvalue weighted by Gasteiger charge is -2.33. The van der Waals surface area contributed by atoms with Crippen LogP contribution in [-0.4, -0.2) is 48.2 Å². The van der Waals surface area contributed by atoms with Crippen LogP contribution in [0, 0.1) is 6.92 Å². The minimum absolute atomic E-state index is 0.0603. The molecule has 1 aliphatic rings. The van der Waals surface area contributed by atoms with Gasteiger partial charge in [-0.3, -0.25) is 15.0 Å². The second-order valence-corrected chi connectivity index (χ2v) is 4.40. The molecule has 0 spiro atoms. The van der Waals surface area contributed by atoms with Crippen molar-refractivity contribution in [3.63, 3.8) is 0 Å². The number of nitrogens with zero attached hydrogens (tertiary/aromatic N) is 2. The number of rotatable bonds is 3. The van der Waals surface area contributed by atoms with Gasteiger partial charge in [-0.25, -0.2) is 0 Å². The molecular formula is C11H18N4O2. The monoisotopic (exact) mass is 238 g/mol. The van der Waals surface area contributed by atoms with Gasteiger partial charge in [0.2, 0.25) is 11.8 Å². The van der Waals surface area contributed by atoms with E-state index in [1.165, 1.54) is 0 Å². The Morgan fingerprint density at radius 1 is 1.76 bits per heavy atom. The van der Waals surface area contributed by atoms with Crippen LogP contribution in [0.15, 0.2) is 10.6 Å². The van der Waals surface area contributed by atoms with E-state index in [0.717, 1.165) is 25.3 Å². The Morgan fingerprint density at radius 3 is 3.24 bits per heavy atom. The van der Waals surface area contributed by atoms with E-state index >= 15 is 0 Å². The molecular weight excluding hydrogens is 220 g/mol. The van der Waals surface area contributed by atoms with Crippen molar-refractivity contribution >= 4 is 11.8 Å². The van der Waals surface area contributed by atoms with Crippen LogP contribution >= 0.6 is 0 Å². The van der Waals surface area contributed by atoms with Crippen LogP contribution in [0.2, 0.25) is 0 Å². The van der Waals surface area contributed by atoms with Crippen molar-refractivity contribution in [1.29, 1.82) is 0 Å². The first-order valence-electron chi connectivity index (χ1n) is 5.83. The smallest absolute Gasteiger partial charge is 0.240 e. The van der Waals surface area contributed by atoms with Gasteiger partial charge in [0.25, 0.3) is 0 Å². The third-order valence-corrected chi connectivity index (χ3v) is 2.88. The molecule has 6 heteroatoms. The van der Waals surface area contributed by atoms with E-state index < -0.39 is 0 Å². The molecule has 1 amide bonds. The maximum Gasteiger partial charge on any atom is 0.240 e. The molecule has 1 saturated heterocycles. The van der Waals surface area contributed by atoms with Crippen molar-refractivity contribution in [3.05, 3.63) is 11.8 Å². The molecule has 0 aliphatic carbocycles. The third-order valence-electron chi connectivity index (χ3n) is 2.88. The zero-order valence-electron chi connectivity index (χ0n) is 10.2. The van der Waals surface area contributed by atoms with Crippen LogP contribution in [-0.2, 0) is 4.79 Å². The first-order valence-corrected chi connectivity index (χ1v) is 5.83. The SMILES string of the molecule is Cc1cc(NC(=O)CN2CCNC[C@H]2C)on1. The van der Waals surface area contributed by atoms with Gasteiger partial charge in [0, 0.05) is 31.7 Å². The fraction of sp³-hybridized carbons (Fsp3) is 0.636. The highest BCUT2D eigenvalue weighted by Crippen LogP contribution is 2.09. The Kier molecular flexibility index (Phi) is 3.75. The molecule has 94 valence electrons. The van der Waals surface area contributed by atoms with Crippen LogP contribution in [0.4, 0.5) is 5.88 Å². The Bertz CT molecular complexity index is 391. The number of hydrogen-bond donors (Lipinski definition) is 2. The van der Waals surface area contributed by atoms with Crippen molar-refractivity contribution in [1.82, 2.24) is 15.4 Å². The molecule has 2 heterocycles. The molecule has 1 aromatic rings. The predicted molar refractivity (Wildman–Crippen MR) is 63.8 cm³/mol. The van der Waals surface area contributed by atoms with Crippen molar-refractivity contribution in [2.24, 2.45) is 0 Å². The normalized spacial score (nSPS) is 21.4. The van der Waals surface area contributed by atoms with Gasteiger partial charge in [0.15, 0.2) is 0 Å². The molecule has 0 radical (unpaired) electrons. The fourth-order valence-corrected chi connectivity index (χ4v) is 1.90. The predicted octanol–water partition coefficient (Wildman–Crippen LogP) is 0.215. The van der Waals surface area contributed by atoms with Crippen LogP contribution in [0.3, 0.4) is 0 Å². The lowest BCUT2D eigenvalue weighted by atomic mass is 10.2. The minimum atomic E-state index is -0.0603. The van der Waals surface area contributed by atoms with Gasteiger partial charge < -0.3 is 9.84 Å². The van der Waals surface area contributed by atoms with E-state index in [1.807, 2.05) is 6.92 Å². The van der Waals surface area contributed by atoms with E-state index in [0.29, 0.717) is 18.5 Å². The van der Waals surface area contributed by atoms with Crippen LogP contribution in [0.5, 0.6) is 0 Å². The summed E-state index contributed by atoms with van der Waals surface area (Å²) >= 11 is 0. The van der Waals surface area contributed by atoms with Crippen LogP contribution < -0.4 is 10.6 Å². The summed E-state index contributed by atoms with van der Waals surface area (Å²) in [6, 6.07) is 2.09. The Morgan fingerprint density at radius 2 is 2.59 bits per heavy atom. The summed E-state index contributed by atoms with van der Waals surface area (Å²) in [5, 5.41) is 9.71. The van der Waals surface area contributed by atoms with Crippen LogP contribution in [0.25, 0.3) is 0 Å². The van der Waals surface area contributed by atoms with Gasteiger partial charge in [-0.1, -0.05) is 5.16 Å². The van der Waals surface area contributed by atoms with E-state index in [2.05, 4.69) is 27.6 Å². The minimum Gasteiger partial charge on any atom is -0.338 e. The maximum atomic E-state index is 11.8. The second kappa shape index (κ2) is 5.29. The first-order chi connectivity index (χ1) is 8.15. The van der Waals surface area contributed by atoms with Crippen molar-refractivity contribution in [2.45, 2.75) is 19.9 Å². The Labute approximate surface area is 100 Å². The number of nitrogens with one attached hydrogen (secondary N) is 2. The Balaban J connectivity index is 1.84. The fourth-order valence-electron chi connectivity index (χ4n) is 1.90. The maximum absolute atomic E-state index is 11.8. The summed E-state index contributed by atoms with van der Waals surface area (Å²) in [7, 11) is 0. The lowest BCUT2D eigenvalue weighted by molar-refractivity contribution is -0.118. The summed E-state index contributed by atoms with van der Waals surface area (Å²) in [6.45, 7) is 7.07. The molecule has 1 atom stereocenters. The zero-order chi connectivity index (χ0) is 12.3. The standard InChI is InChI=1S/C11H18N4O2/c1-8-5-11(17-14-8)13-10(16)7-15-4-3-12-6-9(15)2/h5,9,12H,3-4,6-7H2,1-2H3,(H,13,16)/t9-/m1/s1. The molecule has 0 aromatic carbocycles. The summed E-state index contributed by atoms with van der Waals surface area (Å²) in [5.41, 5.74) is 0.760. The molecule has 1 aromatic heterocycles. The first kappa shape index (κ1) is 12.1. The largest absolute Gasteiger partial charge is 0.338 e. The molecule has 0 unspecified atom stereocenters. The average Bonchev–Trinajstić information content (AvgIpc) is 2.67. The van der Waals surface area contributed by atoms with Crippen molar-refractivity contribution in [2.75, 3.05) is 31.5 Å². The van der Waals surface area contributed by atoms with Gasteiger partial charge in [-0.15, -0.1) is 0 Å². The second-order valence-electron chi connectivity index (χ2n) is 4.40. The molecule has 2 rings (SSSR count).